The van der Waals surface area contributed by atoms with E-state index >= 15 is 0 Å². The molecular formula is C24H33FIN5O2. The molecule has 1 heterocycles. The fourth-order valence-electron chi connectivity index (χ4n) is 3.49. The number of guanidine groups is 1. The van der Waals surface area contributed by atoms with Crippen molar-refractivity contribution in [3.05, 3.63) is 65.5 Å². The van der Waals surface area contributed by atoms with Gasteiger partial charge in [-0.05, 0) is 35.4 Å². The van der Waals surface area contributed by atoms with Crippen LogP contribution in [0.5, 0.6) is 5.75 Å². The van der Waals surface area contributed by atoms with E-state index in [4.69, 9.17) is 9.73 Å². The molecule has 0 unspecified atom stereocenters. The summed E-state index contributed by atoms with van der Waals surface area (Å²) in [5.74, 6) is 1.32. The van der Waals surface area contributed by atoms with Gasteiger partial charge in [0.15, 0.2) is 5.96 Å². The topological polar surface area (TPSA) is 60.4 Å². The number of nitrogens with one attached hydrogen (secondary N) is 1. The van der Waals surface area contributed by atoms with Crippen LogP contribution in [0.25, 0.3) is 0 Å². The standard InChI is InChI=1S/C24H32FN5O2.HI/c1-28(2)23(31)17-27-24(26-16-19-7-9-22(32-3)10-8-19)30-13-11-29(12-14-30)18-20-5-4-6-21(25)15-20;/h4-10,15H,11-14,16-18H2,1-3H3,(H,26,27);1H. The van der Waals surface area contributed by atoms with Gasteiger partial charge in [0.2, 0.25) is 5.91 Å². The molecule has 33 heavy (non-hydrogen) atoms. The number of methoxy groups -OCH3 is 1. The molecular weight excluding hydrogens is 536 g/mol. The quantitative estimate of drug-likeness (QED) is 0.316. The lowest BCUT2D eigenvalue weighted by Crippen LogP contribution is -2.53. The minimum Gasteiger partial charge on any atom is -0.497 e. The van der Waals surface area contributed by atoms with Crippen molar-refractivity contribution in [2.45, 2.75) is 13.1 Å². The predicted molar refractivity (Wildman–Crippen MR) is 139 cm³/mol. The number of aliphatic imine (C=N–C) groups is 1. The summed E-state index contributed by atoms with van der Waals surface area (Å²) in [6.45, 7) is 4.64. The third kappa shape index (κ3) is 8.47. The molecule has 9 heteroatoms. The summed E-state index contributed by atoms with van der Waals surface area (Å²) in [4.78, 5) is 22.9. The van der Waals surface area contributed by atoms with Crippen LogP contribution in [-0.2, 0) is 17.9 Å². The summed E-state index contributed by atoms with van der Waals surface area (Å²) in [6.07, 6.45) is 0. The van der Waals surface area contributed by atoms with E-state index in [1.165, 1.54) is 6.07 Å². The van der Waals surface area contributed by atoms with E-state index in [1.54, 1.807) is 38.2 Å². The molecule has 2 aromatic carbocycles. The van der Waals surface area contributed by atoms with E-state index in [0.29, 0.717) is 6.54 Å². The summed E-state index contributed by atoms with van der Waals surface area (Å²) in [6, 6.07) is 14.6. The zero-order valence-electron chi connectivity index (χ0n) is 19.5. The maximum atomic E-state index is 13.5. The molecule has 0 saturated carbocycles. The third-order valence-electron chi connectivity index (χ3n) is 5.43. The second kappa shape index (κ2) is 13.3. The van der Waals surface area contributed by atoms with E-state index in [-0.39, 0.29) is 42.2 Å². The number of amides is 1. The predicted octanol–water partition coefficient (Wildman–Crippen LogP) is 2.80. The molecule has 0 radical (unpaired) electrons. The van der Waals surface area contributed by atoms with Gasteiger partial charge >= 0.3 is 0 Å². The molecule has 2 aromatic rings. The van der Waals surface area contributed by atoms with E-state index in [9.17, 15) is 9.18 Å². The second-order valence-electron chi connectivity index (χ2n) is 8.02. The fraction of sp³-hybridized carbons (Fsp3) is 0.417. The van der Waals surface area contributed by atoms with Crippen LogP contribution in [0.3, 0.4) is 0 Å². The number of carbonyl (C=O) groups is 1. The smallest absolute Gasteiger partial charge is 0.241 e. The fourth-order valence-corrected chi connectivity index (χ4v) is 3.49. The number of piperazine rings is 1. The highest BCUT2D eigenvalue weighted by molar-refractivity contribution is 14.0. The van der Waals surface area contributed by atoms with Gasteiger partial charge in [-0.3, -0.25) is 9.69 Å². The number of halogens is 2. The zero-order chi connectivity index (χ0) is 22.9. The molecule has 0 atom stereocenters. The van der Waals surface area contributed by atoms with E-state index < -0.39 is 0 Å². The van der Waals surface area contributed by atoms with Crippen LogP contribution in [0.2, 0.25) is 0 Å². The van der Waals surface area contributed by atoms with Crippen molar-refractivity contribution in [1.29, 1.82) is 0 Å². The Labute approximate surface area is 212 Å². The van der Waals surface area contributed by atoms with Gasteiger partial charge in [0.25, 0.3) is 0 Å². The highest BCUT2D eigenvalue weighted by atomic mass is 127. The summed E-state index contributed by atoms with van der Waals surface area (Å²) in [5.41, 5.74) is 2.04. The Kier molecular flexibility index (Phi) is 10.9. The Morgan fingerprint density at radius 2 is 1.79 bits per heavy atom. The van der Waals surface area contributed by atoms with Crippen LogP contribution in [0.1, 0.15) is 11.1 Å². The Hall–Kier alpha value is -2.40. The lowest BCUT2D eigenvalue weighted by Gasteiger charge is -2.36. The largest absolute Gasteiger partial charge is 0.497 e. The first kappa shape index (κ1) is 26.8. The summed E-state index contributed by atoms with van der Waals surface area (Å²) < 4.78 is 18.7. The first-order chi connectivity index (χ1) is 15.4. The minimum atomic E-state index is -0.205. The minimum absolute atomic E-state index is 0. The van der Waals surface area contributed by atoms with Crippen LogP contribution in [0, 0.1) is 5.82 Å². The number of likely N-dealkylation sites (N-methyl/N-ethyl adjacent to an activating group) is 1. The number of hydrogen-bond acceptors (Lipinski definition) is 4. The molecule has 0 spiro atoms. The van der Waals surface area contributed by atoms with Gasteiger partial charge in [-0.15, -0.1) is 24.0 Å². The monoisotopic (exact) mass is 569 g/mol. The number of ether oxygens (including phenoxy) is 1. The van der Waals surface area contributed by atoms with Gasteiger partial charge in [0.05, 0.1) is 20.2 Å². The molecule has 0 bridgehead atoms. The molecule has 1 N–H and O–H groups in total. The van der Waals surface area contributed by atoms with Gasteiger partial charge in [-0.2, -0.15) is 0 Å². The number of carbonyl (C=O) groups excluding carboxylic acids is 1. The molecule has 3 rings (SSSR count). The lowest BCUT2D eigenvalue weighted by atomic mass is 10.2. The Bertz CT molecular complexity index is 915. The summed E-state index contributed by atoms with van der Waals surface area (Å²) >= 11 is 0. The first-order valence-electron chi connectivity index (χ1n) is 10.8. The maximum absolute atomic E-state index is 13.5. The van der Waals surface area contributed by atoms with Crippen LogP contribution < -0.4 is 10.1 Å². The average molecular weight is 569 g/mol. The van der Waals surface area contributed by atoms with Gasteiger partial charge in [-0.25, -0.2) is 9.38 Å². The van der Waals surface area contributed by atoms with Crippen molar-refractivity contribution >= 4 is 35.8 Å². The number of nitrogens with zero attached hydrogens (tertiary/aromatic N) is 4. The van der Waals surface area contributed by atoms with Crippen molar-refractivity contribution < 1.29 is 13.9 Å². The maximum Gasteiger partial charge on any atom is 0.241 e. The Balaban J connectivity index is 0.00000385. The molecule has 1 amide bonds. The molecule has 1 fully saturated rings. The highest BCUT2D eigenvalue weighted by Gasteiger charge is 2.20. The Morgan fingerprint density at radius 3 is 2.39 bits per heavy atom. The number of benzene rings is 2. The molecule has 7 nitrogen and oxygen atoms in total. The molecule has 1 saturated heterocycles. The van der Waals surface area contributed by atoms with E-state index in [0.717, 1.165) is 55.6 Å². The van der Waals surface area contributed by atoms with E-state index in [1.807, 2.05) is 30.3 Å². The van der Waals surface area contributed by atoms with Crippen LogP contribution >= 0.6 is 24.0 Å². The highest BCUT2D eigenvalue weighted by Crippen LogP contribution is 2.13. The van der Waals surface area contributed by atoms with Crippen molar-refractivity contribution in [3.63, 3.8) is 0 Å². The number of hydrogen-bond donors (Lipinski definition) is 1. The van der Waals surface area contributed by atoms with Crippen molar-refractivity contribution in [1.82, 2.24) is 20.0 Å². The van der Waals surface area contributed by atoms with Crippen molar-refractivity contribution in [2.75, 3.05) is 53.9 Å². The SMILES string of the molecule is COc1ccc(CN=C(NCC(=O)N(C)C)N2CCN(Cc3cccc(F)c3)CC2)cc1.I. The second-order valence-corrected chi connectivity index (χ2v) is 8.02. The molecule has 1 aliphatic rings. The normalized spacial score (nSPS) is 14.4. The van der Waals surface area contributed by atoms with Gasteiger partial charge < -0.3 is 19.9 Å². The molecule has 180 valence electrons. The van der Waals surface area contributed by atoms with E-state index in [2.05, 4.69) is 15.1 Å². The van der Waals surface area contributed by atoms with Crippen molar-refractivity contribution in [3.8, 4) is 5.75 Å². The van der Waals surface area contributed by atoms with Crippen LogP contribution in [-0.4, -0.2) is 80.5 Å². The first-order valence-corrected chi connectivity index (χ1v) is 10.8. The van der Waals surface area contributed by atoms with Crippen LogP contribution in [0.15, 0.2) is 53.5 Å². The Morgan fingerprint density at radius 1 is 1.09 bits per heavy atom. The van der Waals surface area contributed by atoms with Gasteiger partial charge in [-0.1, -0.05) is 24.3 Å². The lowest BCUT2D eigenvalue weighted by molar-refractivity contribution is -0.127. The molecule has 1 aliphatic heterocycles. The third-order valence-corrected chi connectivity index (χ3v) is 5.43. The van der Waals surface area contributed by atoms with Gasteiger partial charge in [0.1, 0.15) is 11.6 Å². The molecule has 0 aromatic heterocycles. The average Bonchev–Trinajstić information content (AvgIpc) is 2.80. The molecule has 0 aliphatic carbocycles. The van der Waals surface area contributed by atoms with Crippen LogP contribution in [0.4, 0.5) is 4.39 Å². The summed E-state index contributed by atoms with van der Waals surface area (Å²) in [7, 11) is 5.12. The summed E-state index contributed by atoms with van der Waals surface area (Å²) in [5, 5.41) is 3.23. The number of rotatable bonds is 7. The van der Waals surface area contributed by atoms with Gasteiger partial charge in [0, 0.05) is 46.8 Å². The van der Waals surface area contributed by atoms with Crippen molar-refractivity contribution in [2.24, 2.45) is 4.99 Å². The zero-order valence-corrected chi connectivity index (χ0v) is 21.8.